The molecule has 0 saturated heterocycles. The molecule has 0 rings (SSSR count). The number of rotatable bonds is 3. The zero-order valence-corrected chi connectivity index (χ0v) is 7.48. The minimum Gasteiger partial charge on any atom is -0.269 e. The molecular weight excluding hydrogens is 131 g/mol. The molecule has 0 nitrogen and oxygen atoms in total. The average Bonchev–Trinajstić information content (AvgIpc) is 1.66. The van der Waals surface area contributed by atoms with Gasteiger partial charge in [-0.1, -0.05) is 32.2 Å². The summed E-state index contributed by atoms with van der Waals surface area (Å²) in [6.07, 6.45) is 5.74. The van der Waals surface area contributed by atoms with Gasteiger partial charge in [-0.3, -0.25) is 4.70 Å². The van der Waals surface area contributed by atoms with Crippen molar-refractivity contribution in [2.45, 2.75) is 32.5 Å². The van der Waals surface area contributed by atoms with Gasteiger partial charge in [0.2, 0.25) is 0 Å². The number of allylic oxidation sites excluding steroid dienone is 2. The second-order valence-corrected chi connectivity index (χ2v) is 5.11. The first-order valence-electron chi connectivity index (χ1n) is 3.21. The third-order valence-corrected chi connectivity index (χ3v) is 1.98. The van der Waals surface area contributed by atoms with Crippen LogP contribution in [0.4, 0.5) is 4.70 Å². The molecule has 0 aliphatic rings. The van der Waals surface area contributed by atoms with Crippen LogP contribution in [-0.4, -0.2) is 8.80 Å². The van der Waals surface area contributed by atoms with Crippen molar-refractivity contribution < 1.29 is 4.70 Å². The molecule has 0 N–H and O–H groups in total. The molecule has 0 unspecified atom stereocenters. The highest BCUT2D eigenvalue weighted by molar-refractivity contribution is 6.56. The Morgan fingerprint density at radius 2 is 1.78 bits per heavy atom. The third kappa shape index (κ3) is 11.4. The molecule has 0 aromatic carbocycles. The van der Waals surface area contributed by atoms with Crippen LogP contribution in [0.1, 0.15) is 13.3 Å². The number of hydrogen-bond acceptors (Lipinski definition) is 0. The first-order valence-corrected chi connectivity index (χ1v) is 5.92. The quantitative estimate of drug-likeness (QED) is 0.425. The highest BCUT2D eigenvalue weighted by Crippen LogP contribution is 1.92. The maximum Gasteiger partial charge on any atom is 0.0452 e. The Bertz CT molecular complexity index is 69.3. The Kier molecular flexibility index (Phi) is 10.2. The van der Waals surface area contributed by atoms with Crippen molar-refractivity contribution in [3.8, 4) is 0 Å². The minimum absolute atomic E-state index is 0. The third-order valence-electron chi connectivity index (χ3n) is 0.928. The van der Waals surface area contributed by atoms with Gasteiger partial charge in [-0.05, 0) is 12.5 Å². The molecule has 0 aromatic heterocycles. The van der Waals surface area contributed by atoms with E-state index in [1.54, 1.807) is 0 Å². The molecule has 0 fully saturated rings. The zero-order valence-electron chi connectivity index (χ0n) is 6.48. The summed E-state index contributed by atoms with van der Waals surface area (Å²) in [6, 6.07) is 1.33. The fourth-order valence-electron chi connectivity index (χ4n) is 0.486. The summed E-state index contributed by atoms with van der Waals surface area (Å²) in [7, 11) is 0.00610. The molecule has 0 bridgehead atoms. The van der Waals surface area contributed by atoms with E-state index >= 15 is 0 Å². The summed E-state index contributed by atoms with van der Waals surface area (Å²) in [5.41, 5.74) is 0. The van der Waals surface area contributed by atoms with Gasteiger partial charge in [0, 0.05) is 8.80 Å². The molecule has 55 valence electrons. The molecule has 0 amide bonds. The molecule has 0 spiro atoms. The molecule has 0 atom stereocenters. The zero-order chi connectivity index (χ0) is 6.41. The van der Waals surface area contributed by atoms with Crippen LogP contribution in [0.5, 0.6) is 0 Å². The first-order chi connectivity index (χ1) is 3.77. The van der Waals surface area contributed by atoms with Crippen molar-refractivity contribution >= 4 is 8.80 Å². The molecule has 9 heavy (non-hydrogen) atoms. The Morgan fingerprint density at radius 1 is 1.22 bits per heavy atom. The Labute approximate surface area is 58.9 Å². The normalized spacial score (nSPS) is 10.2. The summed E-state index contributed by atoms with van der Waals surface area (Å²) in [5, 5.41) is 0. The number of halogens is 1. The highest BCUT2D eigenvalue weighted by atomic mass is 28.3. The van der Waals surface area contributed by atoms with E-state index in [2.05, 4.69) is 32.2 Å². The summed E-state index contributed by atoms with van der Waals surface area (Å²) in [4.78, 5) is 0. The lowest BCUT2D eigenvalue weighted by Crippen LogP contribution is -1.94. The van der Waals surface area contributed by atoms with Gasteiger partial charge in [-0.2, -0.15) is 0 Å². The number of hydrogen-bond donors (Lipinski definition) is 0. The van der Waals surface area contributed by atoms with E-state index in [-0.39, 0.29) is 13.5 Å². The van der Waals surface area contributed by atoms with Gasteiger partial charge < -0.3 is 0 Å². The van der Waals surface area contributed by atoms with E-state index in [1.807, 2.05) is 0 Å². The van der Waals surface area contributed by atoms with Gasteiger partial charge in [-0.25, -0.2) is 0 Å². The molecule has 0 aliphatic carbocycles. The van der Waals surface area contributed by atoms with Crippen molar-refractivity contribution in [3.05, 3.63) is 12.2 Å². The Morgan fingerprint density at radius 3 is 2.11 bits per heavy atom. The van der Waals surface area contributed by atoms with E-state index < -0.39 is 0 Å². The highest BCUT2D eigenvalue weighted by Gasteiger charge is 1.87. The fraction of sp³-hybridized carbons (Fsp3) is 0.714. The second kappa shape index (κ2) is 7.89. The van der Waals surface area contributed by atoms with E-state index in [4.69, 9.17) is 0 Å². The van der Waals surface area contributed by atoms with E-state index in [9.17, 15) is 0 Å². The molecule has 0 heterocycles. The maximum absolute atomic E-state index is 2.34. The largest absolute Gasteiger partial charge is 0.269 e. The van der Waals surface area contributed by atoms with E-state index in [0.717, 1.165) is 0 Å². The predicted octanol–water partition coefficient (Wildman–Crippen LogP) is 2.86. The summed E-state index contributed by atoms with van der Waals surface area (Å²) >= 11 is 0. The SMILES string of the molecule is CCC=CC[Si](C)C.F. The van der Waals surface area contributed by atoms with Gasteiger partial charge in [0.05, 0.1) is 0 Å². The standard InChI is InChI=1S/C7H15Si.FH/c1-4-5-6-7-8(2)3;/h5-6H,4,7H2,1-3H3;1H. The monoisotopic (exact) mass is 147 g/mol. The molecule has 2 heteroatoms. The molecule has 0 aliphatic heterocycles. The van der Waals surface area contributed by atoms with Gasteiger partial charge in [0.1, 0.15) is 0 Å². The molecule has 0 saturated carbocycles. The topological polar surface area (TPSA) is 0 Å². The van der Waals surface area contributed by atoms with Crippen LogP contribution < -0.4 is 0 Å². The van der Waals surface area contributed by atoms with Crippen molar-refractivity contribution in [3.63, 3.8) is 0 Å². The second-order valence-electron chi connectivity index (χ2n) is 2.29. The summed E-state index contributed by atoms with van der Waals surface area (Å²) < 4.78 is 0. The van der Waals surface area contributed by atoms with Crippen LogP contribution in [0.2, 0.25) is 19.1 Å². The van der Waals surface area contributed by atoms with E-state index in [0.29, 0.717) is 0 Å². The van der Waals surface area contributed by atoms with Crippen LogP contribution in [0.25, 0.3) is 0 Å². The predicted molar refractivity (Wildman–Crippen MR) is 44.2 cm³/mol. The molecule has 0 aromatic rings. The van der Waals surface area contributed by atoms with Gasteiger partial charge in [-0.15, -0.1) is 0 Å². The van der Waals surface area contributed by atoms with Crippen LogP contribution in [0.3, 0.4) is 0 Å². The van der Waals surface area contributed by atoms with Crippen LogP contribution >= 0.6 is 0 Å². The van der Waals surface area contributed by atoms with Crippen molar-refractivity contribution in [1.29, 1.82) is 0 Å². The van der Waals surface area contributed by atoms with Crippen molar-refractivity contribution in [1.82, 2.24) is 0 Å². The fourth-order valence-corrected chi connectivity index (χ4v) is 1.12. The molecular formula is C7H16FSi. The molecule has 1 radical (unpaired) electrons. The Hall–Kier alpha value is -0.113. The minimum atomic E-state index is 0. The average molecular weight is 147 g/mol. The van der Waals surface area contributed by atoms with Gasteiger partial charge in [0.25, 0.3) is 0 Å². The maximum atomic E-state index is 2.34. The smallest absolute Gasteiger partial charge is 0.0452 e. The van der Waals surface area contributed by atoms with Crippen LogP contribution in [0, 0.1) is 0 Å². The lowest BCUT2D eigenvalue weighted by atomic mass is 10.4. The lowest BCUT2D eigenvalue weighted by Gasteiger charge is -1.91. The van der Waals surface area contributed by atoms with E-state index in [1.165, 1.54) is 12.5 Å². The summed E-state index contributed by atoms with van der Waals surface area (Å²) in [5.74, 6) is 0. The van der Waals surface area contributed by atoms with Gasteiger partial charge in [0.15, 0.2) is 0 Å². The first kappa shape index (κ1) is 11.7. The van der Waals surface area contributed by atoms with Crippen molar-refractivity contribution in [2.24, 2.45) is 0 Å². The summed E-state index contributed by atoms with van der Waals surface area (Å²) in [6.45, 7) is 6.85. The van der Waals surface area contributed by atoms with Gasteiger partial charge >= 0.3 is 0 Å². The van der Waals surface area contributed by atoms with Crippen LogP contribution in [0.15, 0.2) is 12.2 Å². The Balaban J connectivity index is 0. The lowest BCUT2D eigenvalue weighted by molar-refractivity contribution is 1.11. The van der Waals surface area contributed by atoms with Crippen LogP contribution in [-0.2, 0) is 0 Å². The van der Waals surface area contributed by atoms with Crippen molar-refractivity contribution in [2.75, 3.05) is 0 Å².